The Hall–Kier alpha value is -5.40. The SMILES string of the molecule is O=C(O)c1cc(C(=O)OCCOC(=O)c2cc(C(=O)O)cc(-n3cncn3)c2)cc(-n2cncn2)c1. The Morgan fingerprint density at radius 3 is 1.36 bits per heavy atom. The number of aromatic nitrogens is 6. The van der Waals surface area contributed by atoms with Gasteiger partial charge in [0.25, 0.3) is 0 Å². The highest BCUT2D eigenvalue weighted by Crippen LogP contribution is 2.16. The summed E-state index contributed by atoms with van der Waals surface area (Å²) in [4.78, 5) is 55.4. The third kappa shape index (κ3) is 5.39. The molecule has 2 heterocycles. The largest absolute Gasteiger partial charge is 0.478 e. The Labute approximate surface area is 201 Å². The van der Waals surface area contributed by atoms with E-state index < -0.39 is 23.9 Å². The van der Waals surface area contributed by atoms with Gasteiger partial charge in [0.15, 0.2) is 0 Å². The molecule has 0 aliphatic heterocycles. The number of carbonyl (C=O) groups is 4. The fourth-order valence-electron chi connectivity index (χ4n) is 3.09. The molecule has 0 spiro atoms. The predicted molar refractivity (Wildman–Crippen MR) is 117 cm³/mol. The van der Waals surface area contributed by atoms with Crippen LogP contribution >= 0.6 is 0 Å². The molecule has 0 aliphatic carbocycles. The number of carbonyl (C=O) groups excluding carboxylic acids is 2. The summed E-state index contributed by atoms with van der Waals surface area (Å²) < 4.78 is 12.8. The highest BCUT2D eigenvalue weighted by molar-refractivity contribution is 5.96. The number of carboxylic acid groups (broad SMARTS) is 2. The number of nitrogens with zero attached hydrogens (tertiary/aromatic N) is 6. The summed E-state index contributed by atoms with van der Waals surface area (Å²) in [7, 11) is 0. The molecular weight excluding hydrogens is 476 g/mol. The van der Waals surface area contributed by atoms with E-state index in [2.05, 4.69) is 20.2 Å². The van der Waals surface area contributed by atoms with E-state index in [1.165, 1.54) is 58.9 Å². The third-order valence-electron chi connectivity index (χ3n) is 4.72. The topological polar surface area (TPSA) is 189 Å². The maximum atomic E-state index is 12.5. The number of hydrogen-bond donors (Lipinski definition) is 2. The maximum absolute atomic E-state index is 12.5. The van der Waals surface area contributed by atoms with Gasteiger partial charge in [0.2, 0.25) is 0 Å². The Morgan fingerprint density at radius 2 is 1.03 bits per heavy atom. The number of esters is 2. The van der Waals surface area contributed by atoms with Crippen molar-refractivity contribution in [2.45, 2.75) is 0 Å². The van der Waals surface area contributed by atoms with Crippen molar-refractivity contribution < 1.29 is 38.9 Å². The van der Waals surface area contributed by atoms with Crippen molar-refractivity contribution in [3.63, 3.8) is 0 Å². The molecule has 0 saturated carbocycles. The van der Waals surface area contributed by atoms with E-state index in [1.54, 1.807) is 0 Å². The molecule has 0 fully saturated rings. The Kier molecular flexibility index (Phi) is 6.76. The number of aromatic carboxylic acids is 2. The van der Waals surface area contributed by atoms with Crippen LogP contribution in [-0.4, -0.2) is 76.8 Å². The van der Waals surface area contributed by atoms with E-state index in [9.17, 15) is 29.4 Å². The summed E-state index contributed by atoms with van der Waals surface area (Å²) in [6, 6.07) is 7.65. The average Bonchev–Trinajstić information content (AvgIpc) is 3.60. The van der Waals surface area contributed by atoms with Crippen LogP contribution < -0.4 is 0 Å². The number of carboxylic acids is 2. The minimum Gasteiger partial charge on any atom is -0.478 e. The number of ether oxygens (including phenoxy) is 2. The maximum Gasteiger partial charge on any atom is 0.338 e. The molecule has 14 nitrogen and oxygen atoms in total. The van der Waals surface area contributed by atoms with Gasteiger partial charge in [-0.3, -0.25) is 0 Å². The molecule has 4 rings (SSSR count). The van der Waals surface area contributed by atoms with Gasteiger partial charge in [-0.25, -0.2) is 38.5 Å². The van der Waals surface area contributed by atoms with Crippen LogP contribution in [0.5, 0.6) is 0 Å². The summed E-state index contributed by atoms with van der Waals surface area (Å²) in [5.41, 5.74) is 0.127. The second-order valence-electron chi connectivity index (χ2n) is 7.10. The molecule has 0 amide bonds. The molecule has 2 aromatic heterocycles. The van der Waals surface area contributed by atoms with Gasteiger partial charge in [0, 0.05) is 0 Å². The first-order valence-electron chi connectivity index (χ1n) is 10.1. The van der Waals surface area contributed by atoms with Crippen molar-refractivity contribution in [1.29, 1.82) is 0 Å². The Morgan fingerprint density at radius 1 is 0.639 bits per heavy atom. The zero-order valence-corrected chi connectivity index (χ0v) is 18.2. The number of benzene rings is 2. The molecule has 182 valence electrons. The minimum atomic E-state index is -1.26. The standard InChI is InChI=1S/C22H16N6O8/c29-19(30)13-3-15(7-17(5-13)27-11-23-9-25-27)21(33)35-1-2-36-22(34)16-4-14(20(31)32)6-18(8-16)28-12-24-10-26-28/h3-12H,1-2H2,(H,29,30)(H,31,32). The summed E-state index contributed by atoms with van der Waals surface area (Å²) in [5.74, 6) is -4.21. The minimum absolute atomic E-state index is 0.0571. The smallest absolute Gasteiger partial charge is 0.338 e. The van der Waals surface area contributed by atoms with Gasteiger partial charge >= 0.3 is 23.9 Å². The van der Waals surface area contributed by atoms with E-state index in [-0.39, 0.29) is 46.8 Å². The number of hydrogen-bond acceptors (Lipinski definition) is 10. The Balaban J connectivity index is 1.41. The normalized spacial score (nSPS) is 10.6. The lowest BCUT2D eigenvalue weighted by atomic mass is 10.1. The van der Waals surface area contributed by atoms with Crippen LogP contribution in [0.15, 0.2) is 61.7 Å². The molecule has 14 heteroatoms. The first-order chi connectivity index (χ1) is 17.3. The molecule has 0 radical (unpaired) electrons. The van der Waals surface area contributed by atoms with Gasteiger partial charge < -0.3 is 19.7 Å². The first-order valence-corrected chi connectivity index (χ1v) is 10.1. The summed E-state index contributed by atoms with van der Waals surface area (Å²) >= 11 is 0. The van der Waals surface area contributed by atoms with Crippen molar-refractivity contribution in [3.05, 3.63) is 84.0 Å². The molecule has 2 N–H and O–H groups in total. The van der Waals surface area contributed by atoms with Gasteiger partial charge in [-0.1, -0.05) is 0 Å². The van der Waals surface area contributed by atoms with Crippen LogP contribution in [0.1, 0.15) is 41.4 Å². The van der Waals surface area contributed by atoms with Crippen LogP contribution in [-0.2, 0) is 9.47 Å². The van der Waals surface area contributed by atoms with Crippen LogP contribution in [0.4, 0.5) is 0 Å². The lowest BCUT2D eigenvalue weighted by Crippen LogP contribution is -2.16. The van der Waals surface area contributed by atoms with E-state index in [0.717, 1.165) is 12.1 Å². The molecule has 4 aromatic rings. The highest BCUT2D eigenvalue weighted by Gasteiger charge is 2.17. The lowest BCUT2D eigenvalue weighted by Gasteiger charge is -2.10. The second kappa shape index (κ2) is 10.3. The third-order valence-corrected chi connectivity index (χ3v) is 4.72. The van der Waals surface area contributed by atoms with Gasteiger partial charge in [-0.15, -0.1) is 0 Å². The summed E-state index contributed by atoms with van der Waals surface area (Å²) in [6.45, 7) is -0.676. The van der Waals surface area contributed by atoms with Crippen molar-refractivity contribution in [3.8, 4) is 11.4 Å². The molecule has 0 aliphatic rings. The molecule has 0 unspecified atom stereocenters. The summed E-state index contributed by atoms with van der Waals surface area (Å²) in [5, 5.41) is 26.5. The van der Waals surface area contributed by atoms with Crippen molar-refractivity contribution in [1.82, 2.24) is 29.5 Å². The van der Waals surface area contributed by atoms with Gasteiger partial charge in [-0.05, 0) is 36.4 Å². The van der Waals surface area contributed by atoms with Crippen LogP contribution in [0.2, 0.25) is 0 Å². The number of rotatable bonds is 9. The molecular formula is C22H16N6O8. The van der Waals surface area contributed by atoms with Gasteiger partial charge in [0.05, 0.1) is 33.6 Å². The zero-order valence-electron chi connectivity index (χ0n) is 18.2. The van der Waals surface area contributed by atoms with E-state index >= 15 is 0 Å². The van der Waals surface area contributed by atoms with Crippen LogP contribution in [0, 0.1) is 0 Å². The zero-order chi connectivity index (χ0) is 25.7. The fraction of sp³-hybridized carbons (Fsp3) is 0.0909. The molecule has 2 aromatic carbocycles. The monoisotopic (exact) mass is 492 g/mol. The molecule has 0 saturated heterocycles. The summed E-state index contributed by atoms with van der Waals surface area (Å²) in [6.07, 6.45) is 5.17. The van der Waals surface area contributed by atoms with Crippen LogP contribution in [0.25, 0.3) is 11.4 Å². The molecule has 0 bridgehead atoms. The van der Waals surface area contributed by atoms with Crippen molar-refractivity contribution in [2.24, 2.45) is 0 Å². The molecule has 36 heavy (non-hydrogen) atoms. The van der Waals surface area contributed by atoms with E-state index in [0.29, 0.717) is 0 Å². The van der Waals surface area contributed by atoms with Crippen molar-refractivity contribution in [2.75, 3.05) is 13.2 Å². The second-order valence-corrected chi connectivity index (χ2v) is 7.10. The predicted octanol–water partition coefficient (Wildman–Crippen LogP) is 1.26. The van der Waals surface area contributed by atoms with Gasteiger partial charge in [-0.2, -0.15) is 10.2 Å². The average molecular weight is 492 g/mol. The van der Waals surface area contributed by atoms with E-state index in [1.807, 2.05) is 0 Å². The molecule has 0 atom stereocenters. The quantitative estimate of drug-likeness (QED) is 0.252. The lowest BCUT2D eigenvalue weighted by molar-refractivity contribution is 0.0265. The highest BCUT2D eigenvalue weighted by atomic mass is 16.6. The van der Waals surface area contributed by atoms with Crippen molar-refractivity contribution >= 4 is 23.9 Å². The van der Waals surface area contributed by atoms with Crippen LogP contribution in [0.3, 0.4) is 0 Å². The van der Waals surface area contributed by atoms with Gasteiger partial charge in [0.1, 0.15) is 38.5 Å². The van der Waals surface area contributed by atoms with E-state index in [4.69, 9.17) is 9.47 Å². The Bertz CT molecular complexity index is 1320. The first kappa shape index (κ1) is 23.7. The fourth-order valence-corrected chi connectivity index (χ4v) is 3.09.